The van der Waals surface area contributed by atoms with Gasteiger partial charge in [0, 0.05) is 36.5 Å². The highest BCUT2D eigenvalue weighted by atomic mass is 32.2. The van der Waals surface area contributed by atoms with Crippen molar-refractivity contribution in [2.45, 2.75) is 17.4 Å². The number of H-pyrrole nitrogens is 1. The van der Waals surface area contributed by atoms with Crippen LogP contribution in [0.2, 0.25) is 0 Å². The lowest BCUT2D eigenvalue weighted by Gasteiger charge is -2.21. The first-order valence-electron chi connectivity index (χ1n) is 8.95. The van der Waals surface area contributed by atoms with Crippen molar-refractivity contribution < 1.29 is 4.21 Å². The van der Waals surface area contributed by atoms with E-state index < -0.39 is 11.0 Å². The van der Waals surface area contributed by atoms with Gasteiger partial charge in [-0.15, -0.1) is 10.2 Å². The Kier molecular flexibility index (Phi) is 5.16. The summed E-state index contributed by atoms with van der Waals surface area (Å²) >= 11 is 0. The van der Waals surface area contributed by atoms with Crippen LogP contribution in [-0.2, 0) is 11.0 Å². The zero-order valence-electron chi connectivity index (χ0n) is 15.7. The summed E-state index contributed by atoms with van der Waals surface area (Å²) in [4.78, 5) is 9.66. The van der Waals surface area contributed by atoms with Crippen LogP contribution in [0, 0.1) is 0 Å². The van der Waals surface area contributed by atoms with Crippen LogP contribution in [0.3, 0.4) is 0 Å². The summed E-state index contributed by atoms with van der Waals surface area (Å²) in [6, 6.07) is 10.00. The van der Waals surface area contributed by atoms with E-state index >= 15 is 0 Å². The van der Waals surface area contributed by atoms with Gasteiger partial charge in [-0.05, 0) is 49.5 Å². The van der Waals surface area contributed by atoms with Gasteiger partial charge in [0.15, 0.2) is 0 Å². The fourth-order valence-electron chi connectivity index (χ4n) is 3.54. The number of tetrazole rings is 1. The van der Waals surface area contributed by atoms with Gasteiger partial charge in [-0.3, -0.25) is 0 Å². The lowest BCUT2D eigenvalue weighted by atomic mass is 10.0. The van der Waals surface area contributed by atoms with Gasteiger partial charge in [-0.25, -0.2) is 14.3 Å². The number of aromatic amines is 1. The van der Waals surface area contributed by atoms with Gasteiger partial charge < -0.3 is 9.80 Å². The summed E-state index contributed by atoms with van der Waals surface area (Å²) in [5, 5.41) is 19.8. The van der Waals surface area contributed by atoms with Gasteiger partial charge in [0.2, 0.25) is 5.82 Å². The maximum atomic E-state index is 12.0. The molecule has 1 fully saturated rings. The molecule has 3 heterocycles. The van der Waals surface area contributed by atoms with Gasteiger partial charge >= 0.3 is 0 Å². The summed E-state index contributed by atoms with van der Waals surface area (Å²) in [7, 11) is 2.54. The molecule has 28 heavy (non-hydrogen) atoms. The van der Waals surface area contributed by atoms with Gasteiger partial charge in [-0.2, -0.15) is 5.21 Å². The molecule has 0 bridgehead atoms. The quantitative estimate of drug-likeness (QED) is 0.660. The molecule has 0 spiro atoms. The topological polar surface area (TPSA) is 117 Å². The zero-order valence-corrected chi connectivity index (χ0v) is 16.6. The van der Waals surface area contributed by atoms with Crippen molar-refractivity contribution in [3.8, 4) is 22.5 Å². The number of nitrogens with two attached hydrogens (primary N) is 1. The molecule has 0 aliphatic carbocycles. The molecule has 9 nitrogen and oxygen atoms in total. The molecule has 10 heteroatoms. The molecule has 1 saturated heterocycles. The van der Waals surface area contributed by atoms with Crippen LogP contribution in [0.1, 0.15) is 6.42 Å². The van der Waals surface area contributed by atoms with Crippen LogP contribution in [0.5, 0.6) is 0 Å². The number of pyridine rings is 1. The predicted molar refractivity (Wildman–Crippen MR) is 108 cm³/mol. The van der Waals surface area contributed by atoms with Crippen molar-refractivity contribution in [2.24, 2.45) is 5.14 Å². The second kappa shape index (κ2) is 7.74. The van der Waals surface area contributed by atoms with Crippen molar-refractivity contribution in [1.82, 2.24) is 30.5 Å². The van der Waals surface area contributed by atoms with E-state index in [1.165, 1.54) is 0 Å². The average Bonchev–Trinajstić information content (AvgIpc) is 3.39. The van der Waals surface area contributed by atoms with Crippen molar-refractivity contribution in [3.05, 3.63) is 36.5 Å². The molecule has 146 valence electrons. The van der Waals surface area contributed by atoms with Crippen LogP contribution in [-0.4, -0.2) is 67.9 Å². The molecule has 1 aliphatic rings. The third-order valence-corrected chi connectivity index (χ3v) is 5.86. The number of benzene rings is 1. The Morgan fingerprint density at radius 1 is 1.29 bits per heavy atom. The summed E-state index contributed by atoms with van der Waals surface area (Å²) < 4.78 is 12.0. The highest BCUT2D eigenvalue weighted by molar-refractivity contribution is 7.82. The predicted octanol–water partition coefficient (Wildman–Crippen LogP) is 1.05. The van der Waals surface area contributed by atoms with E-state index in [1.54, 1.807) is 6.07 Å². The summed E-state index contributed by atoms with van der Waals surface area (Å²) in [6.07, 6.45) is 2.95. The standard InChI is InChI=1S/C18H22N8OS/c1-25(2)13-8-9-26(11-13)16-7-6-12(10-20-16)14-4-3-5-15(28(19)27)17(14)18-21-23-24-22-18/h3-7,10,13H,8-9,11,19H2,1-2H3,(H,21,22,23,24). The summed E-state index contributed by atoms with van der Waals surface area (Å²) in [6.45, 7) is 1.96. The fourth-order valence-corrected chi connectivity index (χ4v) is 4.16. The smallest absolute Gasteiger partial charge is 0.206 e. The van der Waals surface area contributed by atoms with Gasteiger partial charge in [0.1, 0.15) is 16.8 Å². The zero-order chi connectivity index (χ0) is 19.7. The van der Waals surface area contributed by atoms with Crippen molar-refractivity contribution in [1.29, 1.82) is 0 Å². The molecule has 1 aromatic carbocycles. The number of anilines is 1. The van der Waals surface area contributed by atoms with E-state index in [0.717, 1.165) is 36.5 Å². The molecule has 4 rings (SSSR count). The average molecular weight is 398 g/mol. The molecule has 2 aromatic heterocycles. The van der Waals surface area contributed by atoms with Crippen LogP contribution in [0.4, 0.5) is 5.82 Å². The highest BCUT2D eigenvalue weighted by Gasteiger charge is 2.25. The Labute approximate surface area is 165 Å². The Hall–Kier alpha value is -2.69. The maximum absolute atomic E-state index is 12.0. The lowest BCUT2D eigenvalue weighted by Crippen LogP contribution is -2.31. The van der Waals surface area contributed by atoms with Crippen molar-refractivity contribution in [2.75, 3.05) is 32.1 Å². The first-order valence-corrected chi connectivity index (χ1v) is 10.2. The minimum atomic E-state index is -1.68. The molecule has 3 aromatic rings. The normalized spacial score (nSPS) is 18.0. The van der Waals surface area contributed by atoms with E-state index in [-0.39, 0.29) is 0 Å². The number of nitrogens with zero attached hydrogens (tertiary/aromatic N) is 6. The number of rotatable bonds is 5. The maximum Gasteiger partial charge on any atom is 0.206 e. The van der Waals surface area contributed by atoms with Crippen LogP contribution >= 0.6 is 0 Å². The van der Waals surface area contributed by atoms with E-state index in [2.05, 4.69) is 49.5 Å². The second-order valence-corrected chi connectivity index (χ2v) is 8.00. The molecule has 0 saturated carbocycles. The Bertz CT molecular complexity index is 974. The minimum Gasteiger partial charge on any atom is -0.355 e. The molecular formula is C18H22N8OS. The van der Waals surface area contributed by atoms with Gasteiger partial charge in [0.05, 0.1) is 4.90 Å². The number of nitrogens with one attached hydrogen (secondary N) is 1. The molecule has 3 N–H and O–H groups in total. The van der Waals surface area contributed by atoms with Crippen LogP contribution in [0.15, 0.2) is 41.4 Å². The largest absolute Gasteiger partial charge is 0.355 e. The third kappa shape index (κ3) is 3.53. The van der Waals surface area contributed by atoms with Crippen molar-refractivity contribution in [3.63, 3.8) is 0 Å². The summed E-state index contributed by atoms with van der Waals surface area (Å²) in [5.74, 6) is 1.30. The first-order chi connectivity index (χ1) is 13.5. The molecule has 0 amide bonds. The van der Waals surface area contributed by atoms with E-state index in [0.29, 0.717) is 22.3 Å². The van der Waals surface area contributed by atoms with E-state index in [4.69, 9.17) is 5.14 Å². The molecule has 1 aliphatic heterocycles. The van der Waals surface area contributed by atoms with E-state index in [1.807, 2.05) is 30.5 Å². The molecular weight excluding hydrogens is 376 g/mol. The number of hydrogen-bond donors (Lipinski definition) is 2. The van der Waals surface area contributed by atoms with E-state index in [9.17, 15) is 4.21 Å². The molecule has 2 atom stereocenters. The molecule has 0 radical (unpaired) electrons. The van der Waals surface area contributed by atoms with Gasteiger partial charge in [0.25, 0.3) is 0 Å². The van der Waals surface area contributed by atoms with Crippen LogP contribution in [0.25, 0.3) is 22.5 Å². The minimum absolute atomic E-state index is 0.349. The van der Waals surface area contributed by atoms with Crippen molar-refractivity contribution >= 4 is 16.8 Å². The lowest BCUT2D eigenvalue weighted by molar-refractivity contribution is 0.315. The first kappa shape index (κ1) is 18.7. The number of aromatic nitrogens is 5. The van der Waals surface area contributed by atoms with Gasteiger partial charge in [-0.1, -0.05) is 12.1 Å². The third-order valence-electron chi connectivity index (χ3n) is 5.09. The number of likely N-dealkylation sites (N-methyl/N-ethyl adjacent to an activating group) is 1. The fraction of sp³-hybridized carbons (Fsp3) is 0.333. The highest BCUT2D eigenvalue weighted by Crippen LogP contribution is 2.34. The Balaban J connectivity index is 1.69. The monoisotopic (exact) mass is 398 g/mol. The summed E-state index contributed by atoms with van der Waals surface area (Å²) in [5.41, 5.74) is 2.28. The van der Waals surface area contributed by atoms with Crippen LogP contribution < -0.4 is 10.0 Å². The second-order valence-electron chi connectivity index (χ2n) is 6.97. The Morgan fingerprint density at radius 3 is 2.75 bits per heavy atom. The Morgan fingerprint density at radius 2 is 2.14 bits per heavy atom. The SMILES string of the molecule is CN(C)C1CCN(c2ccc(-c3cccc(S(N)=O)c3-c3nn[nH]n3)cn2)C1. The molecule has 2 unspecified atom stereocenters. The number of hydrogen-bond acceptors (Lipinski definition) is 7.